The highest BCUT2D eigenvalue weighted by Gasteiger charge is 2.48. The van der Waals surface area contributed by atoms with Crippen LogP contribution in [0.25, 0.3) is 0 Å². The molecule has 1 aromatic rings. The molecule has 0 spiro atoms. The van der Waals surface area contributed by atoms with Gasteiger partial charge in [0.25, 0.3) is 0 Å². The van der Waals surface area contributed by atoms with Crippen LogP contribution in [0.3, 0.4) is 0 Å². The average Bonchev–Trinajstić information content (AvgIpc) is 2.61. The van der Waals surface area contributed by atoms with Crippen molar-refractivity contribution in [3.8, 4) is 0 Å². The van der Waals surface area contributed by atoms with Gasteiger partial charge in [-0.05, 0) is 31.9 Å². The minimum absolute atomic E-state index is 0.279. The highest BCUT2D eigenvalue weighted by Crippen LogP contribution is 2.49. The number of rotatable bonds is 2. The summed E-state index contributed by atoms with van der Waals surface area (Å²) in [7, 11) is 0. The van der Waals surface area contributed by atoms with Crippen molar-refractivity contribution in [2.45, 2.75) is 31.2 Å². The van der Waals surface area contributed by atoms with Crippen molar-refractivity contribution in [1.29, 1.82) is 0 Å². The number of aromatic amines is 1. The van der Waals surface area contributed by atoms with Crippen LogP contribution in [0.15, 0.2) is 18.3 Å². The zero-order valence-electron chi connectivity index (χ0n) is 6.80. The van der Waals surface area contributed by atoms with Crippen molar-refractivity contribution >= 4 is 0 Å². The molecule has 0 radical (unpaired) electrons. The second kappa shape index (κ2) is 2.11. The Bertz CT molecular complexity index is 232. The van der Waals surface area contributed by atoms with Gasteiger partial charge in [-0.2, -0.15) is 0 Å². The fourth-order valence-electron chi connectivity index (χ4n) is 1.74. The van der Waals surface area contributed by atoms with Gasteiger partial charge in [-0.15, -0.1) is 0 Å². The zero-order chi connectivity index (χ0) is 7.90. The van der Waals surface area contributed by atoms with E-state index in [1.807, 2.05) is 12.3 Å². The van der Waals surface area contributed by atoms with E-state index in [-0.39, 0.29) is 6.04 Å². The lowest BCUT2D eigenvalue weighted by Gasteiger charge is -2.17. The highest BCUT2D eigenvalue weighted by atomic mass is 14.8. The molecule has 11 heavy (non-hydrogen) atoms. The molecule has 0 aliphatic heterocycles. The van der Waals surface area contributed by atoms with Crippen LogP contribution >= 0.6 is 0 Å². The molecular weight excluding hydrogens is 136 g/mol. The summed E-state index contributed by atoms with van der Waals surface area (Å²) in [6.45, 7) is 2.09. The molecule has 3 N–H and O–H groups in total. The molecule has 0 bridgehead atoms. The maximum absolute atomic E-state index is 5.90. The summed E-state index contributed by atoms with van der Waals surface area (Å²) in [6, 6.07) is 4.45. The van der Waals surface area contributed by atoms with Crippen molar-refractivity contribution in [3.05, 3.63) is 24.0 Å². The minimum atomic E-state index is 0.279. The van der Waals surface area contributed by atoms with Crippen LogP contribution in [0.1, 0.15) is 25.5 Å². The number of H-pyrrole nitrogens is 1. The average molecular weight is 150 g/mol. The first-order valence-corrected chi connectivity index (χ1v) is 4.15. The summed E-state index contributed by atoms with van der Waals surface area (Å²) in [6.07, 6.45) is 4.45. The van der Waals surface area contributed by atoms with Crippen LogP contribution in [-0.2, 0) is 5.41 Å². The molecule has 1 aliphatic carbocycles. The molecule has 1 aromatic heterocycles. The van der Waals surface area contributed by atoms with Crippen LogP contribution in [0.2, 0.25) is 0 Å². The lowest BCUT2D eigenvalue weighted by atomic mass is 9.95. The van der Waals surface area contributed by atoms with Crippen LogP contribution in [-0.4, -0.2) is 11.0 Å². The normalized spacial score (nSPS) is 23.1. The lowest BCUT2D eigenvalue weighted by Crippen LogP contribution is -2.31. The van der Waals surface area contributed by atoms with E-state index in [0.29, 0.717) is 5.41 Å². The van der Waals surface area contributed by atoms with Crippen molar-refractivity contribution < 1.29 is 0 Å². The standard InChI is InChI=1S/C9H14N2/c1-7(10)9(4-5-9)8-3-2-6-11-8/h2-3,6-7,11H,4-5,10H2,1H3. The Morgan fingerprint density at radius 2 is 2.36 bits per heavy atom. The van der Waals surface area contributed by atoms with Gasteiger partial charge in [0.2, 0.25) is 0 Å². The molecule has 2 nitrogen and oxygen atoms in total. The van der Waals surface area contributed by atoms with Crippen molar-refractivity contribution in [2.75, 3.05) is 0 Å². The Morgan fingerprint density at radius 3 is 2.73 bits per heavy atom. The van der Waals surface area contributed by atoms with E-state index in [2.05, 4.69) is 18.0 Å². The summed E-state index contributed by atoms with van der Waals surface area (Å²) in [5.41, 5.74) is 7.51. The molecule has 1 unspecified atom stereocenters. The monoisotopic (exact) mass is 150 g/mol. The van der Waals surface area contributed by atoms with Crippen molar-refractivity contribution in [1.82, 2.24) is 4.98 Å². The van der Waals surface area contributed by atoms with Crippen molar-refractivity contribution in [3.63, 3.8) is 0 Å². The molecule has 1 heterocycles. The summed E-state index contributed by atoms with van der Waals surface area (Å²) in [5.74, 6) is 0. The summed E-state index contributed by atoms with van der Waals surface area (Å²) < 4.78 is 0. The van der Waals surface area contributed by atoms with Gasteiger partial charge >= 0.3 is 0 Å². The van der Waals surface area contributed by atoms with Crippen LogP contribution in [0.5, 0.6) is 0 Å². The summed E-state index contributed by atoms with van der Waals surface area (Å²) >= 11 is 0. The van der Waals surface area contributed by atoms with E-state index in [1.165, 1.54) is 18.5 Å². The largest absolute Gasteiger partial charge is 0.364 e. The molecule has 0 saturated heterocycles. The summed E-state index contributed by atoms with van der Waals surface area (Å²) in [4.78, 5) is 3.24. The van der Waals surface area contributed by atoms with Gasteiger partial charge in [0.1, 0.15) is 0 Å². The fraction of sp³-hybridized carbons (Fsp3) is 0.556. The first-order valence-electron chi connectivity index (χ1n) is 4.15. The van der Waals surface area contributed by atoms with E-state index in [1.54, 1.807) is 0 Å². The van der Waals surface area contributed by atoms with E-state index in [0.717, 1.165) is 0 Å². The van der Waals surface area contributed by atoms with E-state index in [4.69, 9.17) is 5.73 Å². The molecule has 0 amide bonds. The maximum atomic E-state index is 5.90. The smallest absolute Gasteiger partial charge is 0.0253 e. The number of aromatic nitrogens is 1. The Hall–Kier alpha value is -0.760. The number of nitrogens with two attached hydrogens (primary N) is 1. The van der Waals surface area contributed by atoms with E-state index in [9.17, 15) is 0 Å². The lowest BCUT2D eigenvalue weighted by molar-refractivity contribution is 0.545. The molecule has 1 fully saturated rings. The Labute approximate surface area is 66.8 Å². The first-order chi connectivity index (χ1) is 5.26. The Kier molecular flexibility index (Phi) is 1.33. The number of hydrogen-bond acceptors (Lipinski definition) is 1. The van der Waals surface area contributed by atoms with E-state index >= 15 is 0 Å². The topological polar surface area (TPSA) is 41.8 Å². The molecule has 1 saturated carbocycles. The molecular formula is C9H14N2. The molecule has 0 aromatic carbocycles. The fourth-order valence-corrected chi connectivity index (χ4v) is 1.74. The third kappa shape index (κ3) is 0.897. The molecule has 1 aliphatic rings. The van der Waals surface area contributed by atoms with E-state index < -0.39 is 0 Å². The van der Waals surface area contributed by atoms with Crippen LogP contribution in [0.4, 0.5) is 0 Å². The number of nitrogens with one attached hydrogen (secondary N) is 1. The number of hydrogen-bond donors (Lipinski definition) is 2. The Morgan fingerprint density at radius 1 is 1.64 bits per heavy atom. The van der Waals surface area contributed by atoms with Gasteiger partial charge in [-0.3, -0.25) is 0 Å². The molecule has 60 valence electrons. The molecule has 1 atom stereocenters. The van der Waals surface area contributed by atoms with Gasteiger partial charge in [0.05, 0.1) is 0 Å². The van der Waals surface area contributed by atoms with Gasteiger partial charge in [0, 0.05) is 23.3 Å². The van der Waals surface area contributed by atoms with Gasteiger partial charge < -0.3 is 10.7 Å². The van der Waals surface area contributed by atoms with Crippen molar-refractivity contribution in [2.24, 2.45) is 5.73 Å². The van der Waals surface area contributed by atoms with Crippen LogP contribution in [0, 0.1) is 0 Å². The molecule has 2 rings (SSSR count). The zero-order valence-corrected chi connectivity index (χ0v) is 6.80. The van der Waals surface area contributed by atoms with Crippen LogP contribution < -0.4 is 5.73 Å². The quantitative estimate of drug-likeness (QED) is 0.657. The second-order valence-electron chi connectivity index (χ2n) is 3.53. The second-order valence-corrected chi connectivity index (χ2v) is 3.53. The Balaban J connectivity index is 2.29. The molecule has 2 heteroatoms. The van der Waals surface area contributed by atoms with Gasteiger partial charge in [-0.1, -0.05) is 0 Å². The predicted molar refractivity (Wildman–Crippen MR) is 45.4 cm³/mol. The van der Waals surface area contributed by atoms with Gasteiger partial charge in [0.15, 0.2) is 0 Å². The maximum Gasteiger partial charge on any atom is 0.0253 e. The third-order valence-electron chi connectivity index (χ3n) is 2.79. The minimum Gasteiger partial charge on any atom is -0.364 e. The first kappa shape index (κ1) is 6.92. The summed E-state index contributed by atoms with van der Waals surface area (Å²) in [5, 5.41) is 0. The highest BCUT2D eigenvalue weighted by molar-refractivity contribution is 5.27. The van der Waals surface area contributed by atoms with Gasteiger partial charge in [-0.25, -0.2) is 0 Å². The third-order valence-corrected chi connectivity index (χ3v) is 2.79. The SMILES string of the molecule is CC(N)C1(c2ccc[nH]2)CC1. The predicted octanol–water partition coefficient (Wildman–Crippen LogP) is 1.39.